The van der Waals surface area contributed by atoms with Crippen molar-refractivity contribution in [2.75, 3.05) is 0 Å². The fourth-order valence-electron chi connectivity index (χ4n) is 1.65. The molecule has 1 aromatic heterocycles. The summed E-state index contributed by atoms with van der Waals surface area (Å²) in [7, 11) is 1.88. The number of benzene rings is 1. The predicted octanol–water partition coefficient (Wildman–Crippen LogP) is 1.42. The molecule has 0 saturated carbocycles. The fourth-order valence-corrected chi connectivity index (χ4v) is 1.65. The SMILES string of the molecule is Cn1cccc1CC(=O)NN=Cc1ccccc1O. The average molecular weight is 257 g/mol. The molecule has 2 N–H and O–H groups in total. The van der Waals surface area contributed by atoms with Crippen molar-refractivity contribution in [3.05, 3.63) is 53.9 Å². The summed E-state index contributed by atoms with van der Waals surface area (Å²) in [5.41, 5.74) is 3.90. The number of hydrazone groups is 1. The van der Waals surface area contributed by atoms with Crippen LogP contribution in [0.3, 0.4) is 0 Å². The second-order valence-electron chi connectivity index (χ2n) is 4.14. The molecule has 0 fully saturated rings. The number of aryl methyl sites for hydroxylation is 1. The summed E-state index contributed by atoms with van der Waals surface area (Å²) in [6, 6.07) is 10.5. The van der Waals surface area contributed by atoms with Crippen molar-refractivity contribution in [1.82, 2.24) is 9.99 Å². The first kappa shape index (κ1) is 12.9. The van der Waals surface area contributed by atoms with Gasteiger partial charge in [0.1, 0.15) is 5.75 Å². The van der Waals surface area contributed by atoms with Crippen LogP contribution < -0.4 is 5.43 Å². The highest BCUT2D eigenvalue weighted by molar-refractivity contribution is 5.85. The number of rotatable bonds is 4. The second-order valence-corrected chi connectivity index (χ2v) is 4.14. The van der Waals surface area contributed by atoms with E-state index in [1.54, 1.807) is 24.3 Å². The smallest absolute Gasteiger partial charge is 0.245 e. The molecule has 0 aliphatic heterocycles. The third-order valence-electron chi connectivity index (χ3n) is 2.72. The average Bonchev–Trinajstić information content (AvgIpc) is 2.77. The van der Waals surface area contributed by atoms with Crippen LogP contribution >= 0.6 is 0 Å². The van der Waals surface area contributed by atoms with Gasteiger partial charge in [-0.15, -0.1) is 0 Å². The van der Waals surface area contributed by atoms with Gasteiger partial charge in [0, 0.05) is 24.5 Å². The molecule has 5 heteroatoms. The summed E-state index contributed by atoms with van der Waals surface area (Å²) in [6.07, 6.45) is 3.56. The van der Waals surface area contributed by atoms with Crippen molar-refractivity contribution in [3.63, 3.8) is 0 Å². The molecule has 1 heterocycles. The molecule has 19 heavy (non-hydrogen) atoms. The van der Waals surface area contributed by atoms with E-state index < -0.39 is 0 Å². The van der Waals surface area contributed by atoms with Crippen LogP contribution in [0.25, 0.3) is 0 Å². The number of para-hydroxylation sites is 1. The molecule has 0 atom stereocenters. The summed E-state index contributed by atoms with van der Waals surface area (Å²) < 4.78 is 1.88. The Kier molecular flexibility index (Phi) is 3.97. The Bertz CT molecular complexity index is 602. The molecule has 1 aromatic carbocycles. The van der Waals surface area contributed by atoms with Crippen LogP contribution in [-0.2, 0) is 18.3 Å². The van der Waals surface area contributed by atoms with E-state index in [2.05, 4.69) is 10.5 Å². The number of phenols is 1. The molecule has 0 bridgehead atoms. The lowest BCUT2D eigenvalue weighted by molar-refractivity contribution is -0.120. The van der Waals surface area contributed by atoms with E-state index >= 15 is 0 Å². The monoisotopic (exact) mass is 257 g/mol. The number of amides is 1. The maximum absolute atomic E-state index is 11.6. The van der Waals surface area contributed by atoms with Crippen LogP contribution in [0.4, 0.5) is 0 Å². The maximum Gasteiger partial charge on any atom is 0.245 e. The second kappa shape index (κ2) is 5.86. The predicted molar refractivity (Wildman–Crippen MR) is 73.0 cm³/mol. The van der Waals surface area contributed by atoms with Gasteiger partial charge >= 0.3 is 0 Å². The number of nitrogens with zero attached hydrogens (tertiary/aromatic N) is 2. The Balaban J connectivity index is 1.91. The van der Waals surface area contributed by atoms with Gasteiger partial charge in [-0.3, -0.25) is 4.79 Å². The van der Waals surface area contributed by atoms with Gasteiger partial charge < -0.3 is 9.67 Å². The van der Waals surface area contributed by atoms with Crippen molar-refractivity contribution in [3.8, 4) is 5.75 Å². The summed E-state index contributed by atoms with van der Waals surface area (Å²) in [5, 5.41) is 13.3. The van der Waals surface area contributed by atoms with Gasteiger partial charge in [-0.2, -0.15) is 5.10 Å². The van der Waals surface area contributed by atoms with Crippen LogP contribution in [0.1, 0.15) is 11.3 Å². The van der Waals surface area contributed by atoms with Crippen molar-refractivity contribution < 1.29 is 9.90 Å². The zero-order valence-corrected chi connectivity index (χ0v) is 10.6. The summed E-state index contributed by atoms with van der Waals surface area (Å²) >= 11 is 0. The molecular weight excluding hydrogens is 242 g/mol. The number of phenolic OH excluding ortho intramolecular Hbond substituents is 1. The van der Waals surface area contributed by atoms with E-state index in [-0.39, 0.29) is 18.1 Å². The summed E-state index contributed by atoms with van der Waals surface area (Å²) in [6.45, 7) is 0. The van der Waals surface area contributed by atoms with Crippen molar-refractivity contribution in [2.24, 2.45) is 12.1 Å². The van der Waals surface area contributed by atoms with Gasteiger partial charge in [-0.1, -0.05) is 12.1 Å². The number of carbonyl (C=O) groups is 1. The van der Waals surface area contributed by atoms with E-state index in [1.807, 2.05) is 29.9 Å². The lowest BCUT2D eigenvalue weighted by Gasteiger charge is -2.02. The zero-order valence-electron chi connectivity index (χ0n) is 10.6. The third-order valence-corrected chi connectivity index (χ3v) is 2.72. The Morgan fingerprint density at radius 3 is 2.84 bits per heavy atom. The van der Waals surface area contributed by atoms with Gasteiger partial charge in [0.25, 0.3) is 0 Å². The van der Waals surface area contributed by atoms with Gasteiger partial charge in [0.2, 0.25) is 5.91 Å². The minimum absolute atomic E-state index is 0.128. The molecule has 0 unspecified atom stereocenters. The van der Waals surface area contributed by atoms with Crippen LogP contribution in [0.15, 0.2) is 47.7 Å². The molecule has 0 spiro atoms. The lowest BCUT2D eigenvalue weighted by atomic mass is 10.2. The van der Waals surface area contributed by atoms with Crippen molar-refractivity contribution in [2.45, 2.75) is 6.42 Å². The first-order valence-electron chi connectivity index (χ1n) is 5.87. The highest BCUT2D eigenvalue weighted by Gasteiger charge is 2.04. The Hall–Kier alpha value is -2.56. The van der Waals surface area contributed by atoms with Gasteiger partial charge in [0.15, 0.2) is 0 Å². The lowest BCUT2D eigenvalue weighted by Crippen LogP contribution is -2.20. The van der Waals surface area contributed by atoms with E-state index in [0.29, 0.717) is 5.56 Å². The van der Waals surface area contributed by atoms with Crippen LogP contribution in [-0.4, -0.2) is 21.8 Å². The van der Waals surface area contributed by atoms with Gasteiger partial charge in [-0.25, -0.2) is 5.43 Å². The van der Waals surface area contributed by atoms with E-state index in [0.717, 1.165) is 5.69 Å². The molecule has 2 rings (SSSR count). The van der Waals surface area contributed by atoms with Crippen LogP contribution in [0, 0.1) is 0 Å². The minimum atomic E-state index is -0.200. The Morgan fingerprint density at radius 2 is 2.16 bits per heavy atom. The van der Waals surface area contributed by atoms with E-state index in [9.17, 15) is 9.90 Å². The standard InChI is InChI=1S/C14H15N3O2/c1-17-8-4-6-12(17)9-14(19)16-15-10-11-5-2-3-7-13(11)18/h2-8,10,18H,9H2,1H3,(H,16,19). The number of hydrogen-bond acceptors (Lipinski definition) is 3. The molecule has 0 radical (unpaired) electrons. The number of hydrogen-bond donors (Lipinski definition) is 2. The van der Waals surface area contributed by atoms with E-state index in [1.165, 1.54) is 6.21 Å². The first-order valence-corrected chi connectivity index (χ1v) is 5.87. The zero-order chi connectivity index (χ0) is 13.7. The topological polar surface area (TPSA) is 66.6 Å². The minimum Gasteiger partial charge on any atom is -0.507 e. The van der Waals surface area contributed by atoms with Crippen LogP contribution in [0.2, 0.25) is 0 Å². The normalized spacial score (nSPS) is 10.8. The molecule has 5 nitrogen and oxygen atoms in total. The van der Waals surface area contributed by atoms with Crippen molar-refractivity contribution >= 4 is 12.1 Å². The number of aromatic hydroxyl groups is 1. The summed E-state index contributed by atoms with van der Waals surface area (Å²) in [5.74, 6) is -0.0728. The Morgan fingerprint density at radius 1 is 1.37 bits per heavy atom. The number of aromatic nitrogens is 1. The molecule has 1 amide bonds. The molecule has 2 aromatic rings. The molecule has 0 saturated heterocycles. The molecule has 98 valence electrons. The van der Waals surface area contributed by atoms with Crippen molar-refractivity contribution in [1.29, 1.82) is 0 Å². The molecule has 0 aliphatic rings. The summed E-state index contributed by atoms with van der Waals surface area (Å²) in [4.78, 5) is 11.6. The van der Waals surface area contributed by atoms with Crippen LogP contribution in [0.5, 0.6) is 5.75 Å². The highest BCUT2D eigenvalue weighted by Crippen LogP contribution is 2.12. The first-order chi connectivity index (χ1) is 9.16. The third kappa shape index (κ3) is 3.45. The van der Waals surface area contributed by atoms with E-state index in [4.69, 9.17) is 0 Å². The van der Waals surface area contributed by atoms with Gasteiger partial charge in [0.05, 0.1) is 12.6 Å². The molecule has 0 aliphatic carbocycles. The quantitative estimate of drug-likeness (QED) is 0.642. The Labute approximate surface area is 111 Å². The fraction of sp³-hybridized carbons (Fsp3) is 0.143. The number of carbonyl (C=O) groups excluding carboxylic acids is 1. The maximum atomic E-state index is 11.6. The largest absolute Gasteiger partial charge is 0.507 e. The number of nitrogens with one attached hydrogen (secondary N) is 1. The highest BCUT2D eigenvalue weighted by atomic mass is 16.3. The molecular formula is C14H15N3O2. The van der Waals surface area contributed by atoms with Gasteiger partial charge in [-0.05, 0) is 24.3 Å².